The quantitative estimate of drug-likeness (QED) is 0.144. The third kappa shape index (κ3) is 15.1. The highest BCUT2D eigenvalue weighted by molar-refractivity contribution is 5.94. The molecule has 2 aromatic rings. The molecule has 0 heterocycles. The fourth-order valence-electron chi connectivity index (χ4n) is 3.57. The minimum absolute atomic E-state index is 0.0705. The van der Waals surface area contributed by atoms with Gasteiger partial charge in [0.1, 0.15) is 11.5 Å². The average molecular weight is 525 g/mol. The summed E-state index contributed by atoms with van der Waals surface area (Å²) in [4.78, 5) is 31.8. The van der Waals surface area contributed by atoms with Gasteiger partial charge in [-0.1, -0.05) is 87.8 Å². The van der Waals surface area contributed by atoms with Crippen LogP contribution in [0.15, 0.2) is 70.6 Å². The first kappa shape index (κ1) is 30.1. The molecular weight excluding hydrogens is 484 g/mol. The zero-order valence-corrected chi connectivity index (χ0v) is 21.9. The van der Waals surface area contributed by atoms with Crippen molar-refractivity contribution in [1.29, 1.82) is 0 Å². The summed E-state index contributed by atoms with van der Waals surface area (Å²) in [5.41, 5.74) is 11.5. The number of rotatable bonds is 15. The summed E-state index contributed by atoms with van der Waals surface area (Å²) >= 11 is 0. The highest BCUT2D eigenvalue weighted by atomic mass is 16.6. The lowest BCUT2D eigenvalue weighted by Crippen LogP contribution is -2.38. The number of aliphatic imine (C=N–C) groups is 2. The topological polar surface area (TPSA) is 153 Å². The van der Waals surface area contributed by atoms with Crippen LogP contribution in [0.1, 0.15) is 64.2 Å². The zero-order valence-electron chi connectivity index (χ0n) is 21.9. The second-order valence-electron chi connectivity index (χ2n) is 8.72. The first-order chi connectivity index (χ1) is 18.5. The van der Waals surface area contributed by atoms with Crippen molar-refractivity contribution in [3.05, 3.63) is 60.7 Å². The fourth-order valence-corrected chi connectivity index (χ4v) is 3.57. The van der Waals surface area contributed by atoms with Crippen LogP contribution in [-0.4, -0.2) is 37.2 Å². The summed E-state index contributed by atoms with van der Waals surface area (Å²) in [7, 11) is 0. The molecule has 6 N–H and O–H groups in total. The molecule has 0 atom stereocenters. The van der Waals surface area contributed by atoms with E-state index >= 15 is 0 Å². The largest absolute Gasteiger partial charge is 0.419 e. The number of carbonyl (C=O) groups is 2. The Morgan fingerprint density at radius 1 is 0.553 bits per heavy atom. The minimum atomic E-state index is -0.646. The van der Waals surface area contributed by atoms with Gasteiger partial charge in [0.2, 0.25) is 0 Å². The van der Waals surface area contributed by atoms with Gasteiger partial charge in [-0.25, -0.2) is 9.59 Å². The maximum atomic E-state index is 11.7. The summed E-state index contributed by atoms with van der Waals surface area (Å²) in [6, 6.07) is 17.6. The molecule has 0 saturated carbocycles. The van der Waals surface area contributed by atoms with Crippen LogP contribution in [0.25, 0.3) is 0 Å². The van der Waals surface area contributed by atoms with Crippen molar-refractivity contribution >= 4 is 24.1 Å². The molecule has 0 fully saturated rings. The lowest BCUT2D eigenvalue weighted by Gasteiger charge is -2.06. The van der Waals surface area contributed by atoms with Crippen molar-refractivity contribution in [2.24, 2.45) is 21.5 Å². The van der Waals surface area contributed by atoms with Crippen molar-refractivity contribution in [2.75, 3.05) is 13.1 Å². The molecule has 0 saturated heterocycles. The molecule has 10 heteroatoms. The summed E-state index contributed by atoms with van der Waals surface area (Å²) < 4.78 is 10.2. The first-order valence-corrected chi connectivity index (χ1v) is 13.2. The van der Waals surface area contributed by atoms with Gasteiger partial charge in [0, 0.05) is 13.1 Å². The summed E-state index contributed by atoms with van der Waals surface area (Å²) in [5, 5.41) is 4.85. The standard InChI is InChI=1S/C28H40N6O4/c29-25(33-27(35)37-23-17-11-9-12-18-23)31-21-15-7-5-3-1-2-4-6-8-16-22-32-26(30)34-28(36)38-24-19-13-10-14-20-24/h9-14,17-20H,1-8,15-16,21-22H2,(H3,29,31,33,35)(H3,30,32,34,36). The molecule has 38 heavy (non-hydrogen) atoms. The Kier molecular flexibility index (Phi) is 15.1. The number of nitrogens with two attached hydrogens (primary N) is 2. The number of benzene rings is 2. The highest BCUT2D eigenvalue weighted by Gasteiger charge is 2.06. The Labute approximate surface area is 224 Å². The number of nitrogens with one attached hydrogen (secondary N) is 2. The van der Waals surface area contributed by atoms with E-state index in [1.807, 2.05) is 12.1 Å². The maximum absolute atomic E-state index is 11.7. The van der Waals surface area contributed by atoms with Crippen LogP contribution in [0, 0.1) is 0 Å². The lowest BCUT2D eigenvalue weighted by molar-refractivity contribution is 0.204. The van der Waals surface area contributed by atoms with Crippen molar-refractivity contribution < 1.29 is 19.1 Å². The van der Waals surface area contributed by atoms with Crippen LogP contribution in [0.3, 0.4) is 0 Å². The Bertz CT molecular complexity index is 917. The van der Waals surface area contributed by atoms with E-state index in [0.29, 0.717) is 24.6 Å². The maximum Gasteiger partial charge on any atom is 0.419 e. The molecule has 0 bridgehead atoms. The first-order valence-electron chi connectivity index (χ1n) is 13.2. The molecule has 2 rings (SSSR count). The summed E-state index contributed by atoms with van der Waals surface area (Å²) in [5.74, 6) is 1.04. The fraction of sp³-hybridized carbons (Fsp3) is 0.429. The normalized spacial score (nSPS) is 11.6. The molecule has 206 valence electrons. The number of hydrogen-bond donors (Lipinski definition) is 4. The molecule has 10 nitrogen and oxygen atoms in total. The Balaban J connectivity index is 1.37. The number of carbonyl (C=O) groups excluding carboxylic acids is 2. The van der Waals surface area contributed by atoms with Crippen LogP contribution in [0.4, 0.5) is 9.59 Å². The molecule has 2 aromatic carbocycles. The van der Waals surface area contributed by atoms with Crippen LogP contribution in [0.2, 0.25) is 0 Å². The highest BCUT2D eigenvalue weighted by Crippen LogP contribution is 2.11. The molecule has 0 aliphatic carbocycles. The van der Waals surface area contributed by atoms with E-state index in [1.165, 1.54) is 25.7 Å². The predicted molar refractivity (Wildman–Crippen MR) is 150 cm³/mol. The molecule has 0 aromatic heterocycles. The third-order valence-electron chi connectivity index (χ3n) is 5.50. The van der Waals surface area contributed by atoms with E-state index in [2.05, 4.69) is 20.6 Å². The van der Waals surface area contributed by atoms with E-state index in [9.17, 15) is 9.59 Å². The number of para-hydroxylation sites is 2. The summed E-state index contributed by atoms with van der Waals surface area (Å²) in [6.45, 7) is 1.16. The van der Waals surface area contributed by atoms with Gasteiger partial charge < -0.3 is 20.9 Å². The van der Waals surface area contributed by atoms with E-state index in [0.717, 1.165) is 38.5 Å². The third-order valence-corrected chi connectivity index (χ3v) is 5.50. The van der Waals surface area contributed by atoms with Crippen molar-refractivity contribution in [1.82, 2.24) is 10.6 Å². The van der Waals surface area contributed by atoms with Gasteiger partial charge in [0.25, 0.3) is 0 Å². The molecule has 0 radical (unpaired) electrons. The minimum Gasteiger partial charge on any atom is -0.410 e. The van der Waals surface area contributed by atoms with E-state index in [4.69, 9.17) is 20.9 Å². The van der Waals surface area contributed by atoms with E-state index in [1.54, 1.807) is 48.5 Å². The Hall–Kier alpha value is -4.08. The van der Waals surface area contributed by atoms with Crippen molar-refractivity contribution in [3.63, 3.8) is 0 Å². The second kappa shape index (κ2) is 19.1. The van der Waals surface area contributed by atoms with E-state index in [-0.39, 0.29) is 11.9 Å². The molecule has 0 unspecified atom stereocenters. The summed E-state index contributed by atoms with van der Waals surface area (Å²) in [6.07, 6.45) is 9.89. The average Bonchev–Trinajstić information content (AvgIpc) is 2.89. The SMILES string of the molecule is NC(=NCCCCCCCCCCCCN=C(N)NC(=O)Oc1ccccc1)NC(=O)Oc1ccccc1. The number of hydrogen-bond acceptors (Lipinski definition) is 6. The van der Waals surface area contributed by atoms with Gasteiger partial charge in [-0.15, -0.1) is 0 Å². The molecule has 0 aliphatic heterocycles. The van der Waals surface area contributed by atoms with Gasteiger partial charge >= 0.3 is 12.2 Å². The lowest BCUT2D eigenvalue weighted by atomic mass is 10.1. The Morgan fingerprint density at radius 2 is 0.868 bits per heavy atom. The van der Waals surface area contributed by atoms with Crippen molar-refractivity contribution in [2.45, 2.75) is 64.2 Å². The van der Waals surface area contributed by atoms with Crippen LogP contribution >= 0.6 is 0 Å². The van der Waals surface area contributed by atoms with Crippen LogP contribution < -0.4 is 31.6 Å². The van der Waals surface area contributed by atoms with Gasteiger partial charge in [-0.05, 0) is 37.1 Å². The molecular formula is C28H40N6O4. The number of amides is 2. The number of unbranched alkanes of at least 4 members (excludes halogenated alkanes) is 9. The number of nitrogens with zero attached hydrogens (tertiary/aromatic N) is 2. The van der Waals surface area contributed by atoms with Gasteiger partial charge in [-0.3, -0.25) is 20.6 Å². The van der Waals surface area contributed by atoms with Crippen molar-refractivity contribution in [3.8, 4) is 11.5 Å². The predicted octanol–water partition coefficient (Wildman–Crippen LogP) is 5.09. The zero-order chi connectivity index (χ0) is 27.3. The smallest absolute Gasteiger partial charge is 0.410 e. The second-order valence-corrected chi connectivity index (χ2v) is 8.72. The number of ether oxygens (including phenoxy) is 2. The van der Waals surface area contributed by atoms with Gasteiger partial charge in [-0.2, -0.15) is 0 Å². The van der Waals surface area contributed by atoms with Crippen LogP contribution in [-0.2, 0) is 0 Å². The van der Waals surface area contributed by atoms with Crippen LogP contribution in [0.5, 0.6) is 11.5 Å². The van der Waals surface area contributed by atoms with Gasteiger partial charge in [0.05, 0.1) is 0 Å². The van der Waals surface area contributed by atoms with E-state index < -0.39 is 12.2 Å². The number of guanidine groups is 2. The van der Waals surface area contributed by atoms with Gasteiger partial charge in [0.15, 0.2) is 11.9 Å². The monoisotopic (exact) mass is 524 g/mol. The molecule has 0 aliphatic rings. The molecule has 0 spiro atoms. The Morgan fingerprint density at radius 3 is 1.21 bits per heavy atom. The molecule has 2 amide bonds.